The number of rotatable bonds is 12. The molecule has 0 aliphatic heterocycles. The average molecular weight is 379 g/mol. The molecule has 0 bridgehead atoms. The van der Waals surface area contributed by atoms with Gasteiger partial charge in [-0.3, -0.25) is 0 Å². The van der Waals surface area contributed by atoms with Gasteiger partial charge in [0, 0.05) is 4.57 Å². The Labute approximate surface area is 150 Å². The zero-order chi connectivity index (χ0) is 19.5. The van der Waals surface area contributed by atoms with E-state index in [1.54, 1.807) is 6.92 Å². The molecule has 0 spiro atoms. The lowest BCUT2D eigenvalue weighted by atomic mass is 10.0. The number of allylic oxidation sites excluding steroid dienone is 5. The first-order chi connectivity index (χ1) is 11.6. The normalized spacial score (nSPS) is 15.1. The highest BCUT2D eigenvalue weighted by molar-refractivity contribution is 7.33. The molecule has 2 unspecified atom stereocenters. The third-order valence-corrected chi connectivity index (χ3v) is 4.12. The van der Waals surface area contributed by atoms with Crippen LogP contribution in [0.2, 0.25) is 0 Å². The van der Waals surface area contributed by atoms with Gasteiger partial charge in [0.1, 0.15) is 0 Å². The van der Waals surface area contributed by atoms with Crippen LogP contribution in [0.4, 0.5) is 8.78 Å². The molecule has 0 fully saturated rings. The number of hydrogen-bond acceptors (Lipinski definition) is 4. The van der Waals surface area contributed by atoms with E-state index < -0.39 is 26.9 Å². The van der Waals surface area contributed by atoms with Crippen molar-refractivity contribution in [3.63, 3.8) is 0 Å². The first-order valence-electron chi connectivity index (χ1n) is 8.28. The highest BCUT2D eigenvalue weighted by atomic mass is 31.1. The van der Waals surface area contributed by atoms with E-state index >= 15 is 0 Å². The largest absolute Gasteiger partial charge is 0.703 e. The summed E-state index contributed by atoms with van der Waals surface area (Å²) in [4.78, 5) is 0. The zero-order valence-electron chi connectivity index (χ0n) is 15.7. The van der Waals surface area contributed by atoms with Gasteiger partial charge >= 0.3 is 14.4 Å². The van der Waals surface area contributed by atoms with E-state index in [9.17, 15) is 18.5 Å². The maximum Gasteiger partial charge on any atom is 0.703 e. The van der Waals surface area contributed by atoms with Crippen molar-refractivity contribution in [2.45, 2.75) is 72.0 Å². The Morgan fingerprint density at radius 2 is 1.68 bits per heavy atom. The molecule has 0 aliphatic carbocycles. The van der Waals surface area contributed by atoms with Gasteiger partial charge in [-0.15, -0.1) is 4.52 Å². The fourth-order valence-corrected chi connectivity index (χ4v) is 2.50. The van der Waals surface area contributed by atoms with E-state index in [4.69, 9.17) is 0 Å². The van der Waals surface area contributed by atoms with Crippen LogP contribution in [0.5, 0.6) is 0 Å². The smallest absolute Gasteiger partial charge is 0.389 e. The van der Waals surface area contributed by atoms with E-state index in [0.717, 1.165) is 31.9 Å². The summed E-state index contributed by atoms with van der Waals surface area (Å²) in [5.41, 5.74) is 3.40. The Kier molecular flexibility index (Phi) is 12.0. The van der Waals surface area contributed by atoms with Crippen LogP contribution < -0.4 is 0 Å². The van der Waals surface area contributed by atoms with Crippen LogP contribution in [-0.2, 0) is 13.6 Å². The first-order valence-corrected chi connectivity index (χ1v) is 9.38. The van der Waals surface area contributed by atoms with Crippen LogP contribution in [-0.4, -0.2) is 24.4 Å². The molecule has 0 amide bonds. The average Bonchev–Trinajstić information content (AvgIpc) is 2.45. The molecule has 0 radical (unpaired) electrons. The predicted molar refractivity (Wildman–Crippen MR) is 96.7 cm³/mol. The van der Waals surface area contributed by atoms with Gasteiger partial charge in [-0.2, -0.15) is 8.78 Å². The summed E-state index contributed by atoms with van der Waals surface area (Å²) in [6.45, 7) is 7.99. The molecular formula is C18H30F2O4P+. The molecule has 0 saturated carbocycles. The summed E-state index contributed by atoms with van der Waals surface area (Å²) < 4.78 is 45.8. The summed E-state index contributed by atoms with van der Waals surface area (Å²) in [6.07, 6.45) is 3.12. The van der Waals surface area contributed by atoms with E-state index in [1.807, 2.05) is 0 Å². The minimum absolute atomic E-state index is 0.676. The molecule has 0 saturated heterocycles. The number of alkyl halides is 2. The number of aliphatic hydroxyl groups excluding tert-OH is 1. The topological polar surface area (TPSA) is 55.8 Å². The molecule has 7 heteroatoms. The molecule has 0 aromatic heterocycles. The highest BCUT2D eigenvalue weighted by Gasteiger charge is 2.43. The second kappa shape index (κ2) is 12.4. The SMILES string of the molecule is CO[P+](=O)OC(F)(F)CC(O)C=C(C)CCC=C(C)CCC=C(C)C. The van der Waals surface area contributed by atoms with Crippen molar-refractivity contribution in [3.05, 3.63) is 34.9 Å². The van der Waals surface area contributed by atoms with Crippen LogP contribution in [0.25, 0.3) is 0 Å². The number of halogens is 2. The summed E-state index contributed by atoms with van der Waals surface area (Å²) in [6, 6.07) is 0. The van der Waals surface area contributed by atoms with Crippen molar-refractivity contribution in [1.29, 1.82) is 0 Å². The molecule has 0 aromatic carbocycles. The number of hydrogen-bond donors (Lipinski definition) is 1. The molecule has 2 atom stereocenters. The summed E-state index contributed by atoms with van der Waals surface area (Å²) in [7, 11) is -1.88. The van der Waals surface area contributed by atoms with Crippen LogP contribution in [0, 0.1) is 0 Å². The maximum atomic E-state index is 13.4. The maximum absolute atomic E-state index is 13.4. The Morgan fingerprint density at radius 3 is 2.24 bits per heavy atom. The summed E-state index contributed by atoms with van der Waals surface area (Å²) >= 11 is 0. The van der Waals surface area contributed by atoms with E-state index in [0.29, 0.717) is 6.42 Å². The lowest BCUT2D eigenvalue weighted by molar-refractivity contribution is -0.192. The van der Waals surface area contributed by atoms with Crippen molar-refractivity contribution in [1.82, 2.24) is 0 Å². The highest BCUT2D eigenvalue weighted by Crippen LogP contribution is 2.35. The van der Waals surface area contributed by atoms with E-state index in [1.165, 1.54) is 17.2 Å². The molecular weight excluding hydrogens is 349 g/mol. The van der Waals surface area contributed by atoms with Crippen molar-refractivity contribution < 1.29 is 27.5 Å². The lowest BCUT2D eigenvalue weighted by Crippen LogP contribution is -2.24. The third-order valence-electron chi connectivity index (χ3n) is 3.40. The van der Waals surface area contributed by atoms with Crippen molar-refractivity contribution in [2.24, 2.45) is 0 Å². The molecule has 1 N–H and O–H groups in total. The Hall–Kier alpha value is -0.940. The molecule has 25 heavy (non-hydrogen) atoms. The Balaban J connectivity index is 4.34. The molecule has 0 aliphatic rings. The minimum atomic E-state index is -3.71. The Morgan fingerprint density at radius 1 is 1.12 bits per heavy atom. The van der Waals surface area contributed by atoms with Crippen molar-refractivity contribution in [3.8, 4) is 0 Å². The summed E-state index contributed by atoms with van der Waals surface area (Å²) in [5, 5.41) is 9.72. The van der Waals surface area contributed by atoms with Crippen LogP contribution in [0.3, 0.4) is 0 Å². The van der Waals surface area contributed by atoms with Gasteiger partial charge in [0.15, 0.2) is 0 Å². The second-order valence-electron chi connectivity index (χ2n) is 6.33. The van der Waals surface area contributed by atoms with Crippen LogP contribution in [0.15, 0.2) is 34.9 Å². The molecule has 4 nitrogen and oxygen atoms in total. The van der Waals surface area contributed by atoms with Gasteiger partial charge in [0.2, 0.25) is 0 Å². The fraction of sp³-hybridized carbons (Fsp3) is 0.667. The summed E-state index contributed by atoms with van der Waals surface area (Å²) in [5.74, 6) is 0. The number of aliphatic hydroxyl groups is 1. The zero-order valence-corrected chi connectivity index (χ0v) is 16.6. The minimum Gasteiger partial charge on any atom is -0.389 e. The van der Waals surface area contributed by atoms with Gasteiger partial charge < -0.3 is 5.11 Å². The van der Waals surface area contributed by atoms with Gasteiger partial charge in [0.05, 0.1) is 19.6 Å². The molecule has 0 rings (SSSR count). The van der Waals surface area contributed by atoms with E-state index in [2.05, 4.69) is 42.0 Å². The van der Waals surface area contributed by atoms with Gasteiger partial charge in [-0.05, 0) is 57.9 Å². The van der Waals surface area contributed by atoms with Crippen molar-refractivity contribution >= 4 is 8.25 Å². The van der Waals surface area contributed by atoms with Gasteiger partial charge in [-0.25, -0.2) is 0 Å². The van der Waals surface area contributed by atoms with Crippen molar-refractivity contribution in [2.75, 3.05) is 7.11 Å². The van der Waals surface area contributed by atoms with Crippen LogP contribution >= 0.6 is 8.25 Å². The fourth-order valence-electron chi connectivity index (χ4n) is 2.13. The Bertz CT molecular complexity index is 509. The predicted octanol–water partition coefficient (Wildman–Crippen LogP) is 6.07. The van der Waals surface area contributed by atoms with Gasteiger partial charge in [0.25, 0.3) is 0 Å². The first kappa shape index (κ1) is 24.1. The monoisotopic (exact) mass is 379 g/mol. The van der Waals surface area contributed by atoms with Gasteiger partial charge in [-0.1, -0.05) is 34.9 Å². The molecule has 0 heterocycles. The third kappa shape index (κ3) is 14.0. The molecule has 144 valence electrons. The standard InChI is InChI=1S/C18H30F2O4P/c1-14(2)8-6-9-15(3)10-7-11-16(4)12-17(21)13-18(19,20)24-25(22)23-5/h8,10,12,17,21H,6-7,9,11,13H2,1-5H3/q+1. The quantitative estimate of drug-likeness (QED) is 0.330. The molecule has 0 aromatic rings. The second-order valence-corrected chi connectivity index (χ2v) is 7.32. The van der Waals surface area contributed by atoms with E-state index in [-0.39, 0.29) is 0 Å². The van der Waals surface area contributed by atoms with Crippen LogP contribution in [0.1, 0.15) is 59.8 Å². The lowest BCUT2D eigenvalue weighted by Gasteiger charge is -2.12.